The molecule has 0 amide bonds. The molecular weight excluding hydrogens is 359 g/mol. The van der Waals surface area contributed by atoms with Crippen LogP contribution in [0.15, 0.2) is 48.7 Å². The summed E-state index contributed by atoms with van der Waals surface area (Å²) >= 11 is 0. The first-order valence-corrected chi connectivity index (χ1v) is 8.80. The molecule has 0 bridgehead atoms. The van der Waals surface area contributed by atoms with Crippen LogP contribution in [-0.2, 0) is 17.9 Å². The number of aromatic nitrogens is 5. The van der Waals surface area contributed by atoms with Crippen molar-refractivity contribution < 1.29 is 9.13 Å². The normalized spacial score (nSPS) is 11.1. The molecule has 0 fully saturated rings. The maximum atomic E-state index is 13.4. The molecule has 28 heavy (non-hydrogen) atoms. The van der Waals surface area contributed by atoms with Gasteiger partial charge in [0.25, 0.3) is 5.95 Å². The smallest absolute Gasteiger partial charge is 0.272 e. The topological polar surface area (TPSA) is 77.8 Å². The minimum atomic E-state index is -0.271. The number of anilines is 1. The molecule has 0 spiro atoms. The number of methoxy groups -OCH3 is 1. The molecule has 0 aliphatic carbocycles. The Morgan fingerprint density at radius 2 is 2.00 bits per heavy atom. The number of ether oxygens (including phenoxy) is 1. The lowest BCUT2D eigenvalue weighted by atomic mass is 10.1. The maximum Gasteiger partial charge on any atom is 0.272 e. The molecule has 4 aromatic rings. The van der Waals surface area contributed by atoms with Crippen LogP contribution in [-0.4, -0.2) is 32.1 Å². The number of fused-ring (bicyclic) bond motifs is 1. The van der Waals surface area contributed by atoms with Crippen LogP contribution >= 0.6 is 0 Å². The summed E-state index contributed by atoms with van der Waals surface area (Å²) < 4.78 is 20.3. The van der Waals surface area contributed by atoms with Crippen molar-refractivity contribution >= 4 is 16.7 Å². The zero-order chi connectivity index (χ0) is 19.5. The van der Waals surface area contributed by atoms with E-state index in [2.05, 4.69) is 25.6 Å². The van der Waals surface area contributed by atoms with Gasteiger partial charge in [0, 0.05) is 19.0 Å². The van der Waals surface area contributed by atoms with Crippen molar-refractivity contribution in [2.24, 2.45) is 0 Å². The molecule has 0 saturated carbocycles. The van der Waals surface area contributed by atoms with Gasteiger partial charge >= 0.3 is 0 Å². The second-order valence-electron chi connectivity index (χ2n) is 6.37. The average Bonchev–Trinajstić information content (AvgIpc) is 3.13. The number of benzene rings is 2. The molecule has 0 aliphatic heterocycles. The summed E-state index contributed by atoms with van der Waals surface area (Å²) in [6, 6.07) is 12.3. The highest BCUT2D eigenvalue weighted by atomic mass is 19.1. The van der Waals surface area contributed by atoms with Gasteiger partial charge in [-0.25, -0.2) is 4.39 Å². The van der Waals surface area contributed by atoms with E-state index in [1.807, 2.05) is 31.2 Å². The van der Waals surface area contributed by atoms with Crippen molar-refractivity contribution in [3.8, 4) is 5.95 Å². The van der Waals surface area contributed by atoms with Crippen molar-refractivity contribution in [1.29, 1.82) is 0 Å². The lowest BCUT2D eigenvalue weighted by Crippen LogP contribution is -2.11. The van der Waals surface area contributed by atoms with Crippen LogP contribution in [0.25, 0.3) is 16.9 Å². The number of halogens is 1. The van der Waals surface area contributed by atoms with Gasteiger partial charge in [0.2, 0.25) is 0 Å². The summed E-state index contributed by atoms with van der Waals surface area (Å²) in [5.41, 5.74) is 3.37. The van der Waals surface area contributed by atoms with E-state index >= 15 is 0 Å². The fraction of sp³-hybridized carbons (Fsp3) is 0.200. The molecule has 0 saturated heterocycles. The predicted molar refractivity (Wildman–Crippen MR) is 104 cm³/mol. The van der Waals surface area contributed by atoms with Crippen LogP contribution in [0.2, 0.25) is 0 Å². The summed E-state index contributed by atoms with van der Waals surface area (Å²) in [5, 5.41) is 17.0. The van der Waals surface area contributed by atoms with E-state index in [4.69, 9.17) is 4.74 Å². The van der Waals surface area contributed by atoms with E-state index in [0.29, 0.717) is 30.6 Å². The molecule has 142 valence electrons. The van der Waals surface area contributed by atoms with Crippen LogP contribution in [0.1, 0.15) is 16.8 Å². The highest BCUT2D eigenvalue weighted by molar-refractivity contribution is 5.83. The molecule has 1 N–H and O–H groups in total. The third-order valence-electron chi connectivity index (χ3n) is 4.39. The monoisotopic (exact) mass is 378 g/mol. The van der Waals surface area contributed by atoms with Gasteiger partial charge in [-0.2, -0.15) is 14.8 Å². The van der Waals surface area contributed by atoms with Gasteiger partial charge in [-0.15, -0.1) is 10.2 Å². The zero-order valence-corrected chi connectivity index (χ0v) is 15.6. The zero-order valence-electron chi connectivity index (χ0n) is 15.6. The SMILES string of the molecule is COCc1cccc2c1cnn2-c1nnc(C)c(NCc2cccc(F)c2)n1. The quantitative estimate of drug-likeness (QED) is 0.554. The summed E-state index contributed by atoms with van der Waals surface area (Å²) in [6.45, 7) is 2.74. The fourth-order valence-corrected chi connectivity index (χ4v) is 3.01. The third-order valence-corrected chi connectivity index (χ3v) is 4.39. The van der Waals surface area contributed by atoms with Crippen molar-refractivity contribution in [3.63, 3.8) is 0 Å². The molecule has 2 aromatic carbocycles. The Morgan fingerprint density at radius 1 is 1.14 bits per heavy atom. The number of hydrogen-bond acceptors (Lipinski definition) is 6. The Labute approximate surface area is 161 Å². The summed E-state index contributed by atoms with van der Waals surface area (Å²) in [7, 11) is 1.66. The number of aryl methyl sites for hydroxylation is 1. The van der Waals surface area contributed by atoms with E-state index in [1.165, 1.54) is 12.1 Å². The summed E-state index contributed by atoms with van der Waals surface area (Å²) in [4.78, 5) is 4.57. The molecule has 2 aromatic heterocycles. The summed E-state index contributed by atoms with van der Waals surface area (Å²) in [5.74, 6) is 0.662. The van der Waals surface area contributed by atoms with E-state index in [-0.39, 0.29) is 5.82 Å². The van der Waals surface area contributed by atoms with E-state index in [9.17, 15) is 4.39 Å². The van der Waals surface area contributed by atoms with Gasteiger partial charge in [0.15, 0.2) is 5.82 Å². The summed E-state index contributed by atoms with van der Waals surface area (Å²) in [6.07, 6.45) is 1.77. The average molecular weight is 378 g/mol. The predicted octanol–water partition coefficient (Wildman–Crippen LogP) is 3.42. The Morgan fingerprint density at radius 3 is 2.82 bits per heavy atom. The number of hydrogen-bond donors (Lipinski definition) is 1. The first-order valence-electron chi connectivity index (χ1n) is 8.80. The van der Waals surface area contributed by atoms with E-state index in [1.54, 1.807) is 24.1 Å². The highest BCUT2D eigenvalue weighted by Gasteiger charge is 2.13. The lowest BCUT2D eigenvalue weighted by Gasteiger charge is -2.10. The number of rotatable bonds is 6. The van der Waals surface area contributed by atoms with Crippen LogP contribution in [0.5, 0.6) is 0 Å². The largest absolute Gasteiger partial charge is 0.380 e. The van der Waals surface area contributed by atoms with Gasteiger partial charge in [-0.1, -0.05) is 24.3 Å². The van der Waals surface area contributed by atoms with Crippen LogP contribution in [0.3, 0.4) is 0 Å². The Balaban J connectivity index is 1.65. The van der Waals surface area contributed by atoms with Gasteiger partial charge in [0.05, 0.1) is 18.3 Å². The molecule has 8 heteroatoms. The Kier molecular flexibility index (Phi) is 4.94. The molecule has 0 radical (unpaired) electrons. The van der Waals surface area contributed by atoms with Crippen molar-refractivity contribution in [2.45, 2.75) is 20.1 Å². The Hall–Kier alpha value is -3.39. The second-order valence-corrected chi connectivity index (χ2v) is 6.37. The lowest BCUT2D eigenvalue weighted by molar-refractivity contribution is 0.186. The van der Waals surface area contributed by atoms with Crippen molar-refractivity contribution in [1.82, 2.24) is 25.0 Å². The molecule has 4 rings (SSSR count). The number of nitrogens with zero attached hydrogens (tertiary/aromatic N) is 5. The molecule has 0 aliphatic rings. The van der Waals surface area contributed by atoms with Crippen LogP contribution in [0.4, 0.5) is 10.2 Å². The first kappa shape index (κ1) is 18.0. The van der Waals surface area contributed by atoms with Gasteiger partial charge in [0.1, 0.15) is 11.5 Å². The van der Waals surface area contributed by atoms with Gasteiger partial charge in [-0.05, 0) is 36.2 Å². The molecule has 2 heterocycles. The maximum absolute atomic E-state index is 13.4. The molecule has 0 atom stereocenters. The fourth-order valence-electron chi connectivity index (χ4n) is 3.01. The number of nitrogens with one attached hydrogen (secondary N) is 1. The second kappa shape index (κ2) is 7.69. The van der Waals surface area contributed by atoms with Gasteiger partial charge in [-0.3, -0.25) is 0 Å². The third kappa shape index (κ3) is 3.54. The minimum Gasteiger partial charge on any atom is -0.380 e. The van der Waals surface area contributed by atoms with Crippen LogP contribution < -0.4 is 5.32 Å². The van der Waals surface area contributed by atoms with Gasteiger partial charge < -0.3 is 10.1 Å². The molecular formula is C20H19FN6O. The minimum absolute atomic E-state index is 0.271. The highest BCUT2D eigenvalue weighted by Crippen LogP contribution is 2.22. The van der Waals surface area contributed by atoms with Crippen LogP contribution in [0, 0.1) is 12.7 Å². The van der Waals surface area contributed by atoms with Crippen molar-refractivity contribution in [2.75, 3.05) is 12.4 Å². The van der Waals surface area contributed by atoms with Crippen molar-refractivity contribution in [3.05, 3.63) is 71.3 Å². The standard InChI is InChI=1S/C20H19FN6O/c1-13-19(22-10-14-5-3-7-16(21)9-14)24-20(26-25-13)27-18-8-4-6-15(12-28-2)17(18)11-23-27/h3-9,11H,10,12H2,1-2H3,(H,22,24,26). The molecule has 0 unspecified atom stereocenters. The Bertz CT molecular complexity index is 1130. The van der Waals surface area contributed by atoms with E-state index < -0.39 is 0 Å². The van der Waals surface area contributed by atoms with E-state index in [0.717, 1.165) is 22.0 Å². The molecule has 7 nitrogen and oxygen atoms in total. The first-order chi connectivity index (χ1) is 13.7.